The summed E-state index contributed by atoms with van der Waals surface area (Å²) in [6.45, 7) is 9.68. The summed E-state index contributed by atoms with van der Waals surface area (Å²) in [5.74, 6) is 2.34. The van der Waals surface area contributed by atoms with Crippen LogP contribution < -0.4 is 5.32 Å². The van der Waals surface area contributed by atoms with E-state index < -0.39 is 0 Å². The topological polar surface area (TPSA) is 32.3 Å². The van der Waals surface area contributed by atoms with E-state index in [1.54, 1.807) is 0 Å². The van der Waals surface area contributed by atoms with Gasteiger partial charge in [0.25, 0.3) is 0 Å². The third kappa shape index (κ3) is 2.87. The summed E-state index contributed by atoms with van der Waals surface area (Å²) < 4.78 is 0. The maximum atomic E-state index is 12.2. The number of carbonyl (C=O) groups excluding carboxylic acids is 1. The zero-order valence-corrected chi connectivity index (χ0v) is 12.3. The van der Waals surface area contributed by atoms with Crippen molar-refractivity contribution in [3.8, 4) is 0 Å². The molecule has 1 saturated carbocycles. The summed E-state index contributed by atoms with van der Waals surface area (Å²) in [7, 11) is 0. The molecule has 3 heteroatoms. The lowest BCUT2D eigenvalue weighted by atomic mass is 9.82. The van der Waals surface area contributed by atoms with Crippen molar-refractivity contribution in [3.63, 3.8) is 0 Å². The number of nitrogens with zero attached hydrogens (tertiary/aromatic N) is 1. The molecule has 0 radical (unpaired) electrons. The zero-order chi connectivity index (χ0) is 13.3. The van der Waals surface area contributed by atoms with Crippen molar-refractivity contribution >= 4 is 5.91 Å². The van der Waals surface area contributed by atoms with Gasteiger partial charge in [-0.2, -0.15) is 0 Å². The molecule has 0 bridgehead atoms. The van der Waals surface area contributed by atoms with Crippen LogP contribution in [-0.2, 0) is 4.79 Å². The third-order valence-electron chi connectivity index (χ3n) is 4.54. The molecule has 0 aromatic carbocycles. The van der Waals surface area contributed by atoms with Crippen LogP contribution in [0.15, 0.2) is 0 Å². The summed E-state index contributed by atoms with van der Waals surface area (Å²) >= 11 is 0. The van der Waals surface area contributed by atoms with Gasteiger partial charge in [0.2, 0.25) is 5.91 Å². The molecule has 2 fully saturated rings. The van der Waals surface area contributed by atoms with E-state index in [0.29, 0.717) is 17.7 Å². The second-order valence-electron chi connectivity index (χ2n) is 6.71. The van der Waals surface area contributed by atoms with Gasteiger partial charge in [-0.3, -0.25) is 10.1 Å². The largest absolute Gasteiger partial charge is 0.325 e. The summed E-state index contributed by atoms with van der Waals surface area (Å²) in [6.07, 6.45) is 5.54. The van der Waals surface area contributed by atoms with Crippen LogP contribution in [0.3, 0.4) is 0 Å². The Morgan fingerprint density at radius 2 is 2.06 bits per heavy atom. The van der Waals surface area contributed by atoms with E-state index in [1.807, 2.05) is 6.92 Å². The van der Waals surface area contributed by atoms with Crippen LogP contribution in [0.4, 0.5) is 0 Å². The van der Waals surface area contributed by atoms with E-state index >= 15 is 0 Å². The molecule has 1 N–H and O–H groups in total. The van der Waals surface area contributed by atoms with E-state index in [4.69, 9.17) is 0 Å². The van der Waals surface area contributed by atoms with Gasteiger partial charge in [0.05, 0.1) is 12.2 Å². The second-order valence-corrected chi connectivity index (χ2v) is 6.71. The Balaban J connectivity index is 1.99. The van der Waals surface area contributed by atoms with E-state index in [1.165, 1.54) is 25.7 Å². The van der Waals surface area contributed by atoms with Crippen molar-refractivity contribution in [2.24, 2.45) is 17.8 Å². The van der Waals surface area contributed by atoms with Gasteiger partial charge in [0.15, 0.2) is 0 Å². The molecular formula is C15H28N2O. The Morgan fingerprint density at radius 3 is 2.67 bits per heavy atom. The van der Waals surface area contributed by atoms with Crippen molar-refractivity contribution in [2.75, 3.05) is 6.54 Å². The van der Waals surface area contributed by atoms with Gasteiger partial charge in [-0.05, 0) is 37.5 Å². The first-order chi connectivity index (χ1) is 8.49. The smallest absolute Gasteiger partial charge is 0.240 e. The Labute approximate surface area is 111 Å². The first-order valence-corrected chi connectivity index (χ1v) is 7.55. The Morgan fingerprint density at radius 1 is 1.33 bits per heavy atom. The second kappa shape index (κ2) is 5.60. The number of carbonyl (C=O) groups is 1. The molecule has 0 aromatic rings. The van der Waals surface area contributed by atoms with Crippen LogP contribution in [0.5, 0.6) is 0 Å². The molecule has 3 nitrogen and oxygen atoms in total. The van der Waals surface area contributed by atoms with Crippen molar-refractivity contribution in [1.29, 1.82) is 0 Å². The molecule has 1 amide bonds. The van der Waals surface area contributed by atoms with Crippen LogP contribution in [0.2, 0.25) is 0 Å². The Bertz CT molecular complexity index is 303. The quantitative estimate of drug-likeness (QED) is 0.837. The van der Waals surface area contributed by atoms with Gasteiger partial charge >= 0.3 is 0 Å². The van der Waals surface area contributed by atoms with Crippen molar-refractivity contribution < 1.29 is 4.79 Å². The molecular weight excluding hydrogens is 224 g/mol. The lowest BCUT2D eigenvalue weighted by Crippen LogP contribution is -2.44. The van der Waals surface area contributed by atoms with E-state index in [-0.39, 0.29) is 12.2 Å². The predicted octanol–water partition coefficient (Wildman–Crippen LogP) is 2.62. The third-order valence-corrected chi connectivity index (χ3v) is 4.54. The SMILES string of the molecule is CC1CCCC(CN2C(=O)C(C)NC2C(C)C)C1. The van der Waals surface area contributed by atoms with Gasteiger partial charge in [-0.1, -0.05) is 33.6 Å². The molecule has 4 atom stereocenters. The van der Waals surface area contributed by atoms with Crippen LogP contribution in [0.1, 0.15) is 53.4 Å². The van der Waals surface area contributed by atoms with Gasteiger partial charge in [0, 0.05) is 6.54 Å². The summed E-state index contributed by atoms with van der Waals surface area (Å²) in [5.41, 5.74) is 0. The first kappa shape index (κ1) is 13.9. The predicted molar refractivity (Wildman–Crippen MR) is 74.1 cm³/mol. The van der Waals surface area contributed by atoms with E-state index in [0.717, 1.165) is 12.5 Å². The number of nitrogens with one attached hydrogen (secondary N) is 1. The minimum Gasteiger partial charge on any atom is -0.325 e. The van der Waals surface area contributed by atoms with Crippen LogP contribution >= 0.6 is 0 Å². The fourth-order valence-electron chi connectivity index (χ4n) is 3.56. The fourth-order valence-corrected chi connectivity index (χ4v) is 3.56. The molecule has 2 aliphatic rings. The highest BCUT2D eigenvalue weighted by Crippen LogP contribution is 2.31. The molecule has 1 saturated heterocycles. The van der Waals surface area contributed by atoms with Crippen molar-refractivity contribution in [2.45, 2.75) is 65.6 Å². The molecule has 4 unspecified atom stereocenters. The molecule has 1 aliphatic heterocycles. The lowest BCUT2D eigenvalue weighted by Gasteiger charge is -2.34. The van der Waals surface area contributed by atoms with Crippen LogP contribution in [0.25, 0.3) is 0 Å². The molecule has 1 aliphatic carbocycles. The minimum absolute atomic E-state index is 0.00147. The highest BCUT2D eigenvalue weighted by molar-refractivity contribution is 5.83. The first-order valence-electron chi connectivity index (χ1n) is 7.55. The fraction of sp³-hybridized carbons (Fsp3) is 0.933. The molecule has 0 aromatic heterocycles. The van der Waals surface area contributed by atoms with Gasteiger partial charge in [-0.15, -0.1) is 0 Å². The van der Waals surface area contributed by atoms with Gasteiger partial charge in [-0.25, -0.2) is 0 Å². The average molecular weight is 252 g/mol. The number of amides is 1. The highest BCUT2D eigenvalue weighted by atomic mass is 16.2. The Hall–Kier alpha value is -0.570. The lowest BCUT2D eigenvalue weighted by molar-refractivity contribution is -0.131. The monoisotopic (exact) mass is 252 g/mol. The zero-order valence-electron chi connectivity index (χ0n) is 12.3. The number of hydrogen-bond acceptors (Lipinski definition) is 2. The highest BCUT2D eigenvalue weighted by Gasteiger charge is 2.38. The van der Waals surface area contributed by atoms with Gasteiger partial charge < -0.3 is 4.90 Å². The van der Waals surface area contributed by atoms with Crippen molar-refractivity contribution in [3.05, 3.63) is 0 Å². The molecule has 18 heavy (non-hydrogen) atoms. The summed E-state index contributed by atoms with van der Waals surface area (Å²) in [6, 6.07) is -0.00147. The molecule has 2 rings (SSSR count). The maximum absolute atomic E-state index is 12.2. The molecule has 104 valence electrons. The standard InChI is InChI=1S/C15H28N2O/c1-10(2)14-16-12(4)15(18)17(14)9-13-7-5-6-11(3)8-13/h10-14,16H,5-9H2,1-4H3. The normalized spacial score (nSPS) is 37.6. The van der Waals surface area contributed by atoms with E-state index in [9.17, 15) is 4.79 Å². The number of hydrogen-bond donors (Lipinski definition) is 1. The Kier molecular flexibility index (Phi) is 4.31. The van der Waals surface area contributed by atoms with Crippen LogP contribution in [0, 0.1) is 17.8 Å². The summed E-state index contributed by atoms with van der Waals surface area (Å²) in [4.78, 5) is 14.3. The van der Waals surface area contributed by atoms with E-state index in [2.05, 4.69) is 31.0 Å². The summed E-state index contributed by atoms with van der Waals surface area (Å²) in [5, 5.41) is 3.43. The number of rotatable bonds is 3. The molecule has 1 heterocycles. The molecule has 0 spiro atoms. The maximum Gasteiger partial charge on any atom is 0.240 e. The average Bonchev–Trinajstić information content (AvgIpc) is 2.57. The minimum atomic E-state index is -0.00147. The van der Waals surface area contributed by atoms with Gasteiger partial charge in [0.1, 0.15) is 0 Å². The van der Waals surface area contributed by atoms with Crippen molar-refractivity contribution in [1.82, 2.24) is 10.2 Å². The van der Waals surface area contributed by atoms with Crippen LogP contribution in [-0.4, -0.2) is 29.6 Å².